The number of esters is 1. The van der Waals surface area contributed by atoms with E-state index in [1.165, 1.54) is 18.2 Å². The van der Waals surface area contributed by atoms with Crippen LogP contribution in [0.2, 0.25) is 0 Å². The largest absolute Gasteiger partial charge is 0.626 e. The molecule has 1 aliphatic heterocycles. The number of benzene rings is 4. The summed E-state index contributed by atoms with van der Waals surface area (Å²) in [7, 11) is 0. The third-order valence-corrected chi connectivity index (χ3v) is 15.3. The van der Waals surface area contributed by atoms with Crippen LogP contribution in [0.4, 0.5) is 9.59 Å². The Morgan fingerprint density at radius 3 is 1.83 bits per heavy atom. The lowest BCUT2D eigenvalue weighted by Gasteiger charge is -2.61. The number of carbonyl (C=O) groups excluding carboxylic acids is 4. The minimum Gasteiger partial charge on any atom is -0.626 e. The van der Waals surface area contributed by atoms with Crippen LogP contribution in [-0.2, 0) is 35.0 Å². The number of ether oxygens (including phenoxy) is 5. The molecule has 0 aliphatic carbocycles. The van der Waals surface area contributed by atoms with Crippen LogP contribution in [0.15, 0.2) is 153 Å². The number of rotatable bonds is 20. The molecular formula is C46H49N2O10PS. The highest BCUT2D eigenvalue weighted by Crippen LogP contribution is 2.54. The first-order chi connectivity index (χ1) is 29.1. The summed E-state index contributed by atoms with van der Waals surface area (Å²) in [6.45, 7) is 8.63. The number of carbonyl (C=O) groups is 4. The zero-order chi connectivity index (χ0) is 43.0. The molecule has 0 spiro atoms. The maximum Gasteiger partial charge on any atom is 0.508 e. The minimum atomic E-state index is -3.38. The van der Waals surface area contributed by atoms with Gasteiger partial charge in [0.25, 0.3) is 0 Å². The van der Waals surface area contributed by atoms with Gasteiger partial charge in [0, 0.05) is 13.4 Å². The Balaban J connectivity index is 1.55. The average molecular weight is 853 g/mol. The van der Waals surface area contributed by atoms with Gasteiger partial charge in [-0.25, -0.2) is 14.4 Å². The van der Waals surface area contributed by atoms with Crippen molar-refractivity contribution in [3.63, 3.8) is 0 Å². The molecule has 314 valence electrons. The number of nitrogens with one attached hydrogen (secondary N) is 1. The van der Waals surface area contributed by atoms with Crippen LogP contribution in [0.1, 0.15) is 12.5 Å². The Labute approximate surface area is 355 Å². The standard InChI is InChI=1S/C46H49N2O10PS/c1-5-29-54-44(50)42(59(37-17-11-8-12-18-37,38-19-13-9-14-20-38)39-21-15-10-16-22-39)48(53)32-40(34(4)58-46(52)56-31-7-3)43(48)60-41(49)33-57-36-25-23-35(24-26-36)27-28-47-45(51)55-30-6-2/h5-26,34,40,43H,1-3,27-33H2,4H3,(H,47,51)/t34-,40+,43-,48?/m1/s1. The van der Waals surface area contributed by atoms with Crippen molar-refractivity contribution in [3.8, 4) is 5.75 Å². The number of thioether (sulfide) groups is 1. The molecule has 0 saturated carbocycles. The normalized spacial score (nSPS) is 17.4. The van der Waals surface area contributed by atoms with Gasteiger partial charge >= 0.3 is 18.2 Å². The van der Waals surface area contributed by atoms with E-state index in [0.29, 0.717) is 18.7 Å². The van der Waals surface area contributed by atoms with Crippen LogP contribution in [0.3, 0.4) is 0 Å². The fraction of sp³-hybridized carbons (Fsp3) is 0.239. The molecule has 0 bridgehead atoms. The smallest absolute Gasteiger partial charge is 0.508 e. The first-order valence-electron chi connectivity index (χ1n) is 19.3. The second-order valence-corrected chi connectivity index (χ2v) is 18.1. The predicted molar refractivity (Wildman–Crippen MR) is 237 cm³/mol. The monoisotopic (exact) mass is 852 g/mol. The van der Waals surface area contributed by atoms with Gasteiger partial charge in [-0.2, -0.15) is 0 Å². The number of likely N-dealkylation sites (tertiary alicyclic amines) is 1. The Hall–Kier alpha value is -5.85. The van der Waals surface area contributed by atoms with Crippen LogP contribution in [-0.4, -0.2) is 84.4 Å². The fourth-order valence-corrected chi connectivity index (χ4v) is 12.8. The van der Waals surface area contributed by atoms with Crippen molar-refractivity contribution in [2.45, 2.75) is 24.8 Å². The molecule has 1 heterocycles. The summed E-state index contributed by atoms with van der Waals surface area (Å²) in [6.07, 6.45) is 2.44. The molecule has 60 heavy (non-hydrogen) atoms. The van der Waals surface area contributed by atoms with Gasteiger partial charge in [-0.15, -0.1) is 0 Å². The van der Waals surface area contributed by atoms with E-state index in [0.717, 1.165) is 33.2 Å². The lowest BCUT2D eigenvalue weighted by atomic mass is 9.93. The van der Waals surface area contributed by atoms with E-state index in [4.69, 9.17) is 23.7 Å². The van der Waals surface area contributed by atoms with Gasteiger partial charge in [-0.05, 0) is 58.7 Å². The molecule has 1 fully saturated rings. The van der Waals surface area contributed by atoms with Crippen molar-refractivity contribution in [1.29, 1.82) is 0 Å². The highest BCUT2D eigenvalue weighted by molar-refractivity contribution is 8.14. The molecule has 0 aromatic heterocycles. The number of hydrogen-bond donors (Lipinski definition) is 1. The van der Waals surface area contributed by atoms with Crippen molar-refractivity contribution in [3.05, 3.63) is 164 Å². The Kier molecular flexibility index (Phi) is 16.5. The summed E-state index contributed by atoms with van der Waals surface area (Å²) in [6, 6.07) is 35.2. The van der Waals surface area contributed by atoms with Gasteiger partial charge < -0.3 is 38.9 Å². The van der Waals surface area contributed by atoms with E-state index in [1.807, 2.05) is 103 Å². The molecule has 1 saturated heterocycles. The average Bonchev–Trinajstić information content (AvgIpc) is 3.27. The van der Waals surface area contributed by atoms with Crippen molar-refractivity contribution in [2.24, 2.45) is 5.92 Å². The summed E-state index contributed by atoms with van der Waals surface area (Å²) in [4.78, 5) is 53.2. The van der Waals surface area contributed by atoms with E-state index in [2.05, 4.69) is 25.1 Å². The Bertz CT molecular complexity index is 2070. The van der Waals surface area contributed by atoms with Gasteiger partial charge in [0.15, 0.2) is 12.0 Å². The minimum absolute atomic E-state index is 0.0732. The third-order valence-electron chi connectivity index (χ3n) is 9.63. The third kappa shape index (κ3) is 10.8. The number of hydroxylamine groups is 3. The summed E-state index contributed by atoms with van der Waals surface area (Å²) >= 11 is 0.746. The van der Waals surface area contributed by atoms with E-state index in [9.17, 15) is 19.2 Å². The number of alkyl carbamates (subject to hydrolysis) is 1. The molecule has 1 amide bonds. The van der Waals surface area contributed by atoms with Gasteiger partial charge in [0.2, 0.25) is 10.5 Å². The highest BCUT2D eigenvalue weighted by Gasteiger charge is 2.60. The lowest BCUT2D eigenvalue weighted by Crippen LogP contribution is -2.73. The summed E-state index contributed by atoms with van der Waals surface area (Å²) in [5, 5.41) is 19.3. The van der Waals surface area contributed by atoms with E-state index >= 15 is 5.21 Å². The summed E-state index contributed by atoms with van der Waals surface area (Å²) in [5.74, 6) is -1.13. The van der Waals surface area contributed by atoms with Crippen molar-refractivity contribution < 1.29 is 47.5 Å². The second-order valence-electron chi connectivity index (χ2n) is 13.6. The molecule has 5 rings (SSSR count). The number of quaternary nitrogens is 1. The Morgan fingerprint density at radius 1 is 0.783 bits per heavy atom. The van der Waals surface area contributed by atoms with Gasteiger partial charge in [-0.3, -0.25) is 4.79 Å². The fourth-order valence-electron chi connectivity index (χ4n) is 6.91. The van der Waals surface area contributed by atoms with Gasteiger partial charge in [-0.1, -0.05) is 141 Å². The molecule has 14 heteroatoms. The molecule has 1 aliphatic rings. The van der Waals surface area contributed by atoms with Crippen LogP contribution < -0.4 is 26.0 Å². The lowest BCUT2D eigenvalue weighted by molar-refractivity contribution is -0.856. The molecule has 1 unspecified atom stereocenters. The maximum absolute atomic E-state index is 16.1. The SMILES string of the molecule is C=CCOC(=O)NCCc1ccc(OCC(=O)S[C@@H]2[C@H]([C@@H](C)OC(=O)OCC=C)C[N+]2([O-])C(C(=O)OCC=C)=P(c2ccccc2)(c2ccccc2)c2ccccc2)cc1. The van der Waals surface area contributed by atoms with Crippen LogP contribution in [0.25, 0.3) is 0 Å². The Morgan fingerprint density at radius 2 is 1.30 bits per heavy atom. The summed E-state index contributed by atoms with van der Waals surface area (Å²) in [5.41, 5.74) is 0.836. The molecule has 4 atom stereocenters. The number of nitrogens with zero attached hydrogens (tertiary/aromatic N) is 1. The van der Waals surface area contributed by atoms with Gasteiger partial charge in [0.1, 0.15) is 37.6 Å². The van der Waals surface area contributed by atoms with Gasteiger partial charge in [0.05, 0.1) is 6.54 Å². The highest BCUT2D eigenvalue weighted by atomic mass is 32.2. The number of amides is 1. The quantitative estimate of drug-likeness (QED) is 0.0255. The van der Waals surface area contributed by atoms with Crippen LogP contribution in [0.5, 0.6) is 5.75 Å². The first-order valence-corrected chi connectivity index (χ1v) is 21.9. The first kappa shape index (κ1) is 45.2. The van der Waals surface area contributed by atoms with E-state index in [-0.39, 0.29) is 31.8 Å². The molecule has 0 radical (unpaired) electrons. The molecule has 12 nitrogen and oxygen atoms in total. The zero-order valence-electron chi connectivity index (χ0n) is 33.4. The van der Waals surface area contributed by atoms with Crippen molar-refractivity contribution in [2.75, 3.05) is 39.5 Å². The maximum atomic E-state index is 16.1. The van der Waals surface area contributed by atoms with E-state index in [1.54, 1.807) is 19.1 Å². The molecular weight excluding hydrogens is 804 g/mol. The van der Waals surface area contributed by atoms with E-state index < -0.39 is 58.9 Å². The molecule has 4 aromatic carbocycles. The second kappa shape index (κ2) is 22.0. The predicted octanol–water partition coefficient (Wildman–Crippen LogP) is 6.63. The molecule has 4 aromatic rings. The van der Waals surface area contributed by atoms with Crippen LogP contribution in [0, 0.1) is 11.1 Å². The van der Waals surface area contributed by atoms with Crippen molar-refractivity contribution in [1.82, 2.24) is 5.32 Å². The van der Waals surface area contributed by atoms with Crippen LogP contribution >= 0.6 is 18.6 Å². The zero-order valence-corrected chi connectivity index (χ0v) is 35.1. The van der Waals surface area contributed by atoms with Crippen molar-refractivity contribution >= 4 is 63.3 Å². The summed E-state index contributed by atoms with van der Waals surface area (Å²) < 4.78 is 26.1. The topological polar surface area (TPSA) is 150 Å². The number of hydrogen-bond acceptors (Lipinski definition) is 11. The molecule has 1 N–H and O–H groups in total.